The smallest absolute Gasteiger partial charge is 0.327 e. The highest BCUT2D eigenvalue weighted by molar-refractivity contribution is 5.79. The number of nitrogens with zero attached hydrogens (tertiary/aromatic N) is 3. The van der Waals surface area contributed by atoms with Crippen LogP contribution in [0.25, 0.3) is 0 Å². The molecule has 1 atom stereocenters. The average molecular weight is 209 g/mol. The van der Waals surface area contributed by atoms with E-state index >= 15 is 0 Å². The Bertz CT molecular complexity index is 357. The number of carboxylic acid groups (broad SMARTS) is 1. The summed E-state index contributed by atoms with van der Waals surface area (Å²) in [6.07, 6.45) is 5.34. The summed E-state index contributed by atoms with van der Waals surface area (Å²) in [7, 11) is 0. The Morgan fingerprint density at radius 1 is 1.73 bits per heavy atom. The number of aliphatic carboxylic acids is 1. The highest BCUT2D eigenvalue weighted by atomic mass is 16.4. The summed E-state index contributed by atoms with van der Waals surface area (Å²) >= 11 is 0. The molecule has 1 aromatic heterocycles. The zero-order valence-corrected chi connectivity index (χ0v) is 8.92. The molecule has 0 aromatic carbocycles. The van der Waals surface area contributed by atoms with Crippen LogP contribution in [0.5, 0.6) is 0 Å². The van der Waals surface area contributed by atoms with Gasteiger partial charge in [-0.2, -0.15) is 0 Å². The van der Waals surface area contributed by atoms with Crippen molar-refractivity contribution < 1.29 is 9.90 Å². The van der Waals surface area contributed by atoms with E-state index < -0.39 is 5.97 Å². The highest BCUT2D eigenvalue weighted by Gasteiger charge is 2.07. The third-order valence-corrected chi connectivity index (χ3v) is 2.14. The second-order valence-electron chi connectivity index (χ2n) is 3.38. The molecule has 1 aromatic rings. The van der Waals surface area contributed by atoms with Gasteiger partial charge in [-0.05, 0) is 13.3 Å². The normalized spacial score (nSPS) is 13.2. The molecule has 1 N–H and O–H groups in total. The van der Waals surface area contributed by atoms with Crippen molar-refractivity contribution in [1.82, 2.24) is 15.0 Å². The van der Waals surface area contributed by atoms with Crippen molar-refractivity contribution in [1.29, 1.82) is 0 Å². The molecule has 0 saturated heterocycles. The van der Waals surface area contributed by atoms with E-state index in [1.165, 1.54) is 0 Å². The Balaban J connectivity index is 2.53. The van der Waals surface area contributed by atoms with Gasteiger partial charge in [0.05, 0.1) is 5.69 Å². The largest absolute Gasteiger partial charge is 0.478 e. The predicted octanol–water partition coefficient (Wildman–Crippen LogP) is 1.43. The van der Waals surface area contributed by atoms with E-state index in [1.807, 2.05) is 20.0 Å². The van der Waals surface area contributed by atoms with Crippen LogP contribution < -0.4 is 0 Å². The van der Waals surface area contributed by atoms with Crippen LogP contribution >= 0.6 is 0 Å². The zero-order chi connectivity index (χ0) is 11.3. The first kappa shape index (κ1) is 11.4. The molecule has 0 radical (unpaired) electrons. The lowest BCUT2D eigenvalue weighted by molar-refractivity contribution is -0.131. The standard InChI is InChI=1S/C10H15N3O2/c1-3-13-7-9(11-12-13)8(2)5-4-6-10(14)15/h4,6-8H,3,5H2,1-2H3,(H,14,15)/b6-4+. The summed E-state index contributed by atoms with van der Waals surface area (Å²) in [5.74, 6) is -0.722. The number of hydrogen-bond donors (Lipinski definition) is 1. The van der Waals surface area contributed by atoms with Crippen LogP contribution in [0.15, 0.2) is 18.3 Å². The van der Waals surface area contributed by atoms with Gasteiger partial charge < -0.3 is 5.11 Å². The molecular weight excluding hydrogens is 194 g/mol. The van der Waals surface area contributed by atoms with Crippen LogP contribution in [-0.2, 0) is 11.3 Å². The molecule has 15 heavy (non-hydrogen) atoms. The molecule has 0 aliphatic heterocycles. The molecule has 0 saturated carbocycles. The van der Waals surface area contributed by atoms with E-state index in [0.717, 1.165) is 18.3 Å². The predicted molar refractivity (Wildman–Crippen MR) is 55.5 cm³/mol. The molecule has 0 aliphatic carbocycles. The van der Waals surface area contributed by atoms with E-state index in [1.54, 1.807) is 10.8 Å². The summed E-state index contributed by atoms with van der Waals surface area (Å²) in [5.41, 5.74) is 0.895. The van der Waals surface area contributed by atoms with Crippen LogP contribution in [0.2, 0.25) is 0 Å². The zero-order valence-electron chi connectivity index (χ0n) is 8.92. The number of aryl methyl sites for hydroxylation is 1. The Labute approximate surface area is 88.4 Å². The summed E-state index contributed by atoms with van der Waals surface area (Å²) < 4.78 is 1.76. The van der Waals surface area contributed by atoms with Crippen LogP contribution in [0.1, 0.15) is 31.9 Å². The fourth-order valence-electron chi connectivity index (χ4n) is 1.19. The van der Waals surface area contributed by atoms with Crippen molar-refractivity contribution in [2.75, 3.05) is 0 Å². The highest BCUT2D eigenvalue weighted by Crippen LogP contribution is 2.16. The summed E-state index contributed by atoms with van der Waals surface area (Å²) in [6.45, 7) is 4.79. The Morgan fingerprint density at radius 3 is 3.00 bits per heavy atom. The van der Waals surface area contributed by atoms with Gasteiger partial charge in [-0.3, -0.25) is 4.68 Å². The molecule has 0 bridgehead atoms. The first-order valence-electron chi connectivity index (χ1n) is 4.93. The number of aromatic nitrogens is 3. The summed E-state index contributed by atoms with van der Waals surface area (Å²) in [4.78, 5) is 10.2. The fourth-order valence-corrected chi connectivity index (χ4v) is 1.19. The maximum atomic E-state index is 10.2. The minimum absolute atomic E-state index is 0.195. The lowest BCUT2D eigenvalue weighted by Gasteiger charge is -2.02. The molecule has 5 nitrogen and oxygen atoms in total. The first-order chi connectivity index (χ1) is 7.13. The number of carbonyl (C=O) groups is 1. The van der Waals surface area contributed by atoms with Gasteiger partial charge in [0, 0.05) is 24.7 Å². The van der Waals surface area contributed by atoms with Crippen molar-refractivity contribution in [2.24, 2.45) is 0 Å². The first-order valence-corrected chi connectivity index (χ1v) is 4.93. The van der Waals surface area contributed by atoms with Crippen LogP contribution in [0.4, 0.5) is 0 Å². The molecule has 0 aliphatic rings. The van der Waals surface area contributed by atoms with E-state index in [-0.39, 0.29) is 5.92 Å². The molecule has 1 unspecified atom stereocenters. The fraction of sp³-hybridized carbons (Fsp3) is 0.500. The summed E-state index contributed by atoms with van der Waals surface area (Å²) in [5, 5.41) is 16.4. The van der Waals surface area contributed by atoms with Crippen molar-refractivity contribution in [3.05, 3.63) is 24.0 Å². The van der Waals surface area contributed by atoms with Gasteiger partial charge in [0.2, 0.25) is 0 Å². The Hall–Kier alpha value is -1.65. The maximum Gasteiger partial charge on any atom is 0.327 e. The second kappa shape index (κ2) is 5.29. The van der Waals surface area contributed by atoms with Crippen molar-refractivity contribution >= 4 is 5.97 Å². The van der Waals surface area contributed by atoms with E-state index in [2.05, 4.69) is 10.3 Å². The second-order valence-corrected chi connectivity index (χ2v) is 3.38. The minimum atomic E-state index is -0.917. The van der Waals surface area contributed by atoms with Gasteiger partial charge in [0.15, 0.2) is 0 Å². The third-order valence-electron chi connectivity index (χ3n) is 2.14. The quantitative estimate of drug-likeness (QED) is 0.745. The lowest BCUT2D eigenvalue weighted by atomic mass is 10.0. The van der Waals surface area contributed by atoms with Gasteiger partial charge in [-0.15, -0.1) is 5.10 Å². The molecule has 5 heteroatoms. The number of carboxylic acids is 1. The average Bonchev–Trinajstić information content (AvgIpc) is 2.65. The van der Waals surface area contributed by atoms with Gasteiger partial charge >= 0.3 is 5.97 Å². The molecule has 1 rings (SSSR count). The van der Waals surface area contributed by atoms with Crippen LogP contribution in [0, 0.1) is 0 Å². The van der Waals surface area contributed by atoms with Crippen LogP contribution in [-0.4, -0.2) is 26.1 Å². The van der Waals surface area contributed by atoms with Gasteiger partial charge in [0.1, 0.15) is 0 Å². The molecule has 0 amide bonds. The van der Waals surface area contributed by atoms with Gasteiger partial charge in [-0.1, -0.05) is 18.2 Å². The van der Waals surface area contributed by atoms with E-state index in [0.29, 0.717) is 6.42 Å². The number of rotatable bonds is 5. The molecule has 0 spiro atoms. The summed E-state index contributed by atoms with van der Waals surface area (Å²) in [6, 6.07) is 0. The maximum absolute atomic E-state index is 10.2. The SMILES string of the molecule is CCn1cc(C(C)C/C=C/C(=O)O)nn1. The van der Waals surface area contributed by atoms with E-state index in [4.69, 9.17) is 5.11 Å². The molecule has 0 fully saturated rings. The number of allylic oxidation sites excluding steroid dienone is 1. The minimum Gasteiger partial charge on any atom is -0.478 e. The van der Waals surface area contributed by atoms with Crippen molar-refractivity contribution in [3.8, 4) is 0 Å². The molecule has 1 heterocycles. The molecule has 82 valence electrons. The number of hydrogen-bond acceptors (Lipinski definition) is 3. The van der Waals surface area contributed by atoms with Crippen LogP contribution in [0.3, 0.4) is 0 Å². The van der Waals surface area contributed by atoms with Crippen molar-refractivity contribution in [3.63, 3.8) is 0 Å². The van der Waals surface area contributed by atoms with E-state index in [9.17, 15) is 4.79 Å². The van der Waals surface area contributed by atoms with Gasteiger partial charge in [0.25, 0.3) is 0 Å². The molecular formula is C10H15N3O2. The monoisotopic (exact) mass is 209 g/mol. The van der Waals surface area contributed by atoms with Gasteiger partial charge in [-0.25, -0.2) is 4.79 Å². The van der Waals surface area contributed by atoms with Crippen molar-refractivity contribution in [2.45, 2.75) is 32.7 Å². The Morgan fingerprint density at radius 2 is 2.47 bits per heavy atom. The lowest BCUT2D eigenvalue weighted by Crippen LogP contribution is -1.94. The topological polar surface area (TPSA) is 68.0 Å². The Kier molecular flexibility index (Phi) is 4.03. The third kappa shape index (κ3) is 3.53.